The Labute approximate surface area is 111 Å². The molecule has 0 saturated carbocycles. The van der Waals surface area contributed by atoms with Crippen LogP contribution >= 0.6 is 0 Å². The van der Waals surface area contributed by atoms with Gasteiger partial charge in [-0.3, -0.25) is 4.55 Å². The van der Waals surface area contributed by atoms with Gasteiger partial charge in [-0.1, -0.05) is 37.3 Å². The highest BCUT2D eigenvalue weighted by Crippen LogP contribution is 2.20. The minimum atomic E-state index is -4.69. The third-order valence-corrected chi connectivity index (χ3v) is 3.40. The Hall–Kier alpha value is -1.05. The second kappa shape index (κ2) is 6.40. The molecule has 0 saturated heterocycles. The van der Waals surface area contributed by atoms with Crippen LogP contribution in [-0.4, -0.2) is 31.2 Å². The quantitative estimate of drug-likeness (QED) is 0.757. The fourth-order valence-electron chi connectivity index (χ4n) is 1.77. The van der Waals surface area contributed by atoms with E-state index in [2.05, 4.69) is 5.32 Å². The van der Waals surface area contributed by atoms with Gasteiger partial charge in [-0.15, -0.1) is 0 Å². The second-order valence-corrected chi connectivity index (χ2v) is 5.79. The van der Waals surface area contributed by atoms with Crippen LogP contribution in [0.3, 0.4) is 0 Å². The summed E-state index contributed by atoms with van der Waals surface area (Å²) in [6, 6.07) is 8.76. The molecule has 0 radical (unpaired) electrons. The first-order valence-electron chi connectivity index (χ1n) is 5.85. The minimum Gasteiger partial charge on any atom is -0.304 e. The van der Waals surface area contributed by atoms with Crippen LogP contribution in [0.25, 0.3) is 0 Å². The van der Waals surface area contributed by atoms with Crippen molar-refractivity contribution in [3.05, 3.63) is 35.9 Å². The predicted molar refractivity (Wildman–Crippen MR) is 68.8 cm³/mol. The van der Waals surface area contributed by atoms with Gasteiger partial charge in [-0.2, -0.15) is 8.42 Å². The van der Waals surface area contributed by atoms with Gasteiger partial charge in [0.2, 0.25) is 0 Å². The second-order valence-electron chi connectivity index (χ2n) is 4.33. The molecule has 108 valence electrons. The van der Waals surface area contributed by atoms with Crippen LogP contribution in [0.15, 0.2) is 30.3 Å². The van der Waals surface area contributed by atoms with Crippen LogP contribution in [0.5, 0.6) is 0 Å². The van der Waals surface area contributed by atoms with E-state index in [1.54, 1.807) is 12.1 Å². The molecule has 4 nitrogen and oxygen atoms in total. The van der Waals surface area contributed by atoms with Gasteiger partial charge in [-0.25, -0.2) is 8.78 Å². The fraction of sp³-hybridized carbons (Fsp3) is 0.500. The van der Waals surface area contributed by atoms with E-state index in [9.17, 15) is 17.2 Å². The first kappa shape index (κ1) is 16.0. The SMILES string of the molecule is CC[C@H](NCC(F)(F)CS(=O)(=O)O)c1ccccc1. The summed E-state index contributed by atoms with van der Waals surface area (Å²) in [6.45, 7) is 1.03. The van der Waals surface area contributed by atoms with Gasteiger partial charge in [-0.05, 0) is 12.0 Å². The van der Waals surface area contributed by atoms with Crippen LogP contribution < -0.4 is 5.32 Å². The van der Waals surface area contributed by atoms with E-state index < -0.39 is 28.3 Å². The molecule has 0 aliphatic rings. The van der Waals surface area contributed by atoms with Crippen molar-refractivity contribution in [2.24, 2.45) is 0 Å². The molecule has 1 rings (SSSR count). The number of benzene rings is 1. The summed E-state index contributed by atoms with van der Waals surface area (Å²) in [5, 5.41) is 2.62. The molecule has 0 unspecified atom stereocenters. The first-order valence-corrected chi connectivity index (χ1v) is 7.46. The molecule has 0 fully saturated rings. The Morgan fingerprint density at radius 1 is 1.32 bits per heavy atom. The molecule has 0 spiro atoms. The molecule has 19 heavy (non-hydrogen) atoms. The van der Waals surface area contributed by atoms with Crippen LogP contribution in [0.1, 0.15) is 24.9 Å². The van der Waals surface area contributed by atoms with Gasteiger partial charge in [0.05, 0.1) is 6.54 Å². The number of rotatable bonds is 7. The Morgan fingerprint density at radius 3 is 2.37 bits per heavy atom. The summed E-state index contributed by atoms with van der Waals surface area (Å²) in [5.74, 6) is -5.08. The van der Waals surface area contributed by atoms with Crippen molar-refractivity contribution in [1.29, 1.82) is 0 Å². The van der Waals surface area contributed by atoms with Crippen LogP contribution in [0.4, 0.5) is 8.78 Å². The largest absolute Gasteiger partial charge is 0.304 e. The number of nitrogens with one attached hydrogen (secondary N) is 1. The van der Waals surface area contributed by atoms with Crippen molar-refractivity contribution in [2.45, 2.75) is 25.3 Å². The molecule has 1 aromatic carbocycles. The summed E-state index contributed by atoms with van der Waals surface area (Å²) < 4.78 is 56.1. The molecular weight excluding hydrogens is 276 g/mol. The van der Waals surface area contributed by atoms with Gasteiger partial charge in [0.15, 0.2) is 0 Å². The lowest BCUT2D eigenvalue weighted by Crippen LogP contribution is -2.40. The number of halogens is 2. The molecule has 0 bridgehead atoms. The molecule has 7 heteroatoms. The number of alkyl halides is 2. The van der Waals surface area contributed by atoms with E-state index in [1.165, 1.54) is 0 Å². The van der Waals surface area contributed by atoms with E-state index in [-0.39, 0.29) is 6.04 Å². The van der Waals surface area contributed by atoms with E-state index in [1.807, 2.05) is 25.1 Å². The van der Waals surface area contributed by atoms with E-state index in [0.29, 0.717) is 6.42 Å². The van der Waals surface area contributed by atoms with E-state index in [0.717, 1.165) is 5.56 Å². The van der Waals surface area contributed by atoms with Gasteiger partial charge in [0.1, 0.15) is 5.75 Å². The zero-order valence-electron chi connectivity index (χ0n) is 10.5. The highest BCUT2D eigenvalue weighted by atomic mass is 32.2. The molecule has 0 heterocycles. The topological polar surface area (TPSA) is 66.4 Å². The highest BCUT2D eigenvalue weighted by molar-refractivity contribution is 7.85. The molecule has 0 amide bonds. The van der Waals surface area contributed by atoms with E-state index >= 15 is 0 Å². The molecule has 0 aliphatic heterocycles. The smallest absolute Gasteiger partial charge is 0.276 e. The maximum Gasteiger partial charge on any atom is 0.276 e. The summed E-state index contributed by atoms with van der Waals surface area (Å²) in [7, 11) is -4.69. The molecule has 0 aromatic heterocycles. The Morgan fingerprint density at radius 2 is 1.89 bits per heavy atom. The first-order chi connectivity index (χ1) is 8.73. The minimum absolute atomic E-state index is 0.284. The summed E-state index contributed by atoms with van der Waals surface area (Å²) in [4.78, 5) is 0. The van der Waals surface area contributed by atoms with Gasteiger partial charge in [0.25, 0.3) is 16.0 Å². The fourth-order valence-corrected chi connectivity index (χ4v) is 2.41. The normalized spacial score (nSPS) is 14.3. The third-order valence-electron chi connectivity index (χ3n) is 2.61. The average molecular weight is 293 g/mol. The lowest BCUT2D eigenvalue weighted by molar-refractivity contribution is 0.0219. The summed E-state index contributed by atoms with van der Waals surface area (Å²) >= 11 is 0. The average Bonchev–Trinajstić information content (AvgIpc) is 2.28. The molecule has 0 aliphatic carbocycles. The zero-order chi connectivity index (χ0) is 14.5. The van der Waals surface area contributed by atoms with Crippen LogP contribution in [-0.2, 0) is 10.1 Å². The molecular formula is C12H17F2NO3S. The number of hydrogen-bond acceptors (Lipinski definition) is 3. The predicted octanol–water partition coefficient (Wildman–Crippen LogP) is 2.25. The van der Waals surface area contributed by atoms with Gasteiger partial charge < -0.3 is 5.32 Å². The standard InChI is InChI=1S/C12H17F2NO3S/c1-2-11(10-6-4-3-5-7-10)15-8-12(13,14)9-19(16,17)18/h3-7,11,15H,2,8-9H2,1H3,(H,16,17,18)/t11-/m0/s1. The molecule has 1 aromatic rings. The van der Waals surface area contributed by atoms with Crippen molar-refractivity contribution in [1.82, 2.24) is 5.32 Å². The molecule has 2 N–H and O–H groups in total. The lowest BCUT2D eigenvalue weighted by atomic mass is 10.0. The Kier molecular flexibility index (Phi) is 5.39. The Balaban J connectivity index is 2.64. The monoisotopic (exact) mass is 293 g/mol. The zero-order valence-corrected chi connectivity index (χ0v) is 11.3. The van der Waals surface area contributed by atoms with Crippen molar-refractivity contribution in [3.63, 3.8) is 0 Å². The van der Waals surface area contributed by atoms with E-state index in [4.69, 9.17) is 4.55 Å². The van der Waals surface area contributed by atoms with Crippen molar-refractivity contribution in [2.75, 3.05) is 12.3 Å². The van der Waals surface area contributed by atoms with Gasteiger partial charge >= 0.3 is 0 Å². The van der Waals surface area contributed by atoms with Crippen molar-refractivity contribution >= 4 is 10.1 Å². The molecule has 1 atom stereocenters. The highest BCUT2D eigenvalue weighted by Gasteiger charge is 2.35. The maximum atomic E-state index is 13.3. The van der Waals surface area contributed by atoms with Crippen molar-refractivity contribution in [3.8, 4) is 0 Å². The number of hydrogen-bond donors (Lipinski definition) is 2. The third kappa shape index (κ3) is 6.09. The summed E-state index contributed by atoms with van der Waals surface area (Å²) in [5.41, 5.74) is 0.854. The van der Waals surface area contributed by atoms with Crippen LogP contribution in [0.2, 0.25) is 0 Å². The Bertz CT molecular complexity index is 491. The van der Waals surface area contributed by atoms with Crippen molar-refractivity contribution < 1.29 is 21.8 Å². The van der Waals surface area contributed by atoms with Crippen LogP contribution in [0, 0.1) is 0 Å². The lowest BCUT2D eigenvalue weighted by Gasteiger charge is -2.21. The maximum absolute atomic E-state index is 13.3. The van der Waals surface area contributed by atoms with Gasteiger partial charge in [0, 0.05) is 6.04 Å². The summed E-state index contributed by atoms with van der Waals surface area (Å²) in [6.07, 6.45) is 0.589.